The van der Waals surface area contributed by atoms with Crippen LogP contribution in [-0.4, -0.2) is 59.9 Å². The summed E-state index contributed by atoms with van der Waals surface area (Å²) < 4.78 is 13.2. The third-order valence-electron chi connectivity index (χ3n) is 9.40. The first-order valence-electron chi connectivity index (χ1n) is 17.2. The van der Waals surface area contributed by atoms with E-state index in [1.54, 1.807) is 13.2 Å². The third kappa shape index (κ3) is 7.79. The van der Waals surface area contributed by atoms with Crippen LogP contribution in [0.2, 0.25) is 15.1 Å². The number of nitrogens with one attached hydrogen (secondary N) is 2. The zero-order valence-electron chi connectivity index (χ0n) is 28.7. The Morgan fingerprint density at radius 3 is 2.50 bits per heavy atom. The molecule has 0 bridgehead atoms. The van der Waals surface area contributed by atoms with Crippen molar-refractivity contribution < 1.29 is 14.3 Å². The highest BCUT2D eigenvalue weighted by Crippen LogP contribution is 2.41. The maximum absolute atomic E-state index is 14.7. The zero-order valence-corrected chi connectivity index (χ0v) is 30.9. The van der Waals surface area contributed by atoms with Gasteiger partial charge in [0.15, 0.2) is 0 Å². The number of benzene rings is 4. The first-order chi connectivity index (χ1) is 25.3. The number of ether oxygens (including phenoxy) is 2. The van der Waals surface area contributed by atoms with Crippen molar-refractivity contribution in [1.29, 1.82) is 0 Å². The molecule has 0 saturated carbocycles. The van der Waals surface area contributed by atoms with E-state index in [9.17, 15) is 4.79 Å². The SMILES string of the molecule is COCCOc1ccc(N2CCC(N)CC2)c(NC(=O)c2[nH]c3cc(Cl)ccc3c2-c2c(-c3ccccc3)ncn2CCc2ccc(Cl)cc2Cl)c1. The minimum absolute atomic E-state index is 0.158. The molecule has 12 heteroatoms. The van der Waals surface area contributed by atoms with E-state index in [2.05, 4.69) is 19.8 Å². The molecule has 3 heterocycles. The summed E-state index contributed by atoms with van der Waals surface area (Å²) in [6.07, 6.45) is 4.15. The van der Waals surface area contributed by atoms with Crippen molar-refractivity contribution in [1.82, 2.24) is 14.5 Å². The molecule has 268 valence electrons. The average molecular weight is 758 g/mol. The van der Waals surface area contributed by atoms with Gasteiger partial charge in [-0.25, -0.2) is 4.98 Å². The number of hydrogen-bond acceptors (Lipinski definition) is 6. The largest absolute Gasteiger partial charge is 0.491 e. The first kappa shape index (κ1) is 35.9. The molecule has 0 radical (unpaired) electrons. The van der Waals surface area contributed by atoms with Crippen LogP contribution in [0.1, 0.15) is 28.9 Å². The highest BCUT2D eigenvalue weighted by Gasteiger charge is 2.27. The molecule has 1 fully saturated rings. The summed E-state index contributed by atoms with van der Waals surface area (Å²) in [7, 11) is 1.63. The van der Waals surface area contributed by atoms with E-state index < -0.39 is 0 Å². The molecule has 4 N–H and O–H groups in total. The smallest absolute Gasteiger partial charge is 0.272 e. The van der Waals surface area contributed by atoms with Gasteiger partial charge in [0, 0.05) is 76.0 Å². The topological polar surface area (TPSA) is 110 Å². The van der Waals surface area contributed by atoms with E-state index in [0.717, 1.165) is 65.0 Å². The number of carbonyl (C=O) groups excluding carboxylic acids is 1. The van der Waals surface area contributed by atoms with Gasteiger partial charge in [-0.15, -0.1) is 0 Å². The van der Waals surface area contributed by atoms with Crippen LogP contribution in [0.3, 0.4) is 0 Å². The molecule has 1 aliphatic heterocycles. The Bertz CT molecular complexity index is 2190. The third-order valence-corrected chi connectivity index (χ3v) is 10.2. The number of fused-ring (bicyclic) bond motifs is 1. The molecule has 1 saturated heterocycles. The maximum atomic E-state index is 14.7. The second-order valence-electron chi connectivity index (χ2n) is 12.9. The number of hydrogen-bond donors (Lipinski definition) is 3. The van der Waals surface area contributed by atoms with Gasteiger partial charge in [0.2, 0.25) is 0 Å². The van der Waals surface area contributed by atoms with Crippen LogP contribution in [0.15, 0.2) is 91.3 Å². The van der Waals surface area contributed by atoms with Gasteiger partial charge in [-0.3, -0.25) is 4.79 Å². The van der Waals surface area contributed by atoms with Crippen molar-refractivity contribution in [2.75, 3.05) is 43.6 Å². The molecule has 52 heavy (non-hydrogen) atoms. The number of nitrogens with zero attached hydrogens (tertiary/aromatic N) is 3. The van der Waals surface area contributed by atoms with Gasteiger partial charge in [-0.2, -0.15) is 0 Å². The number of aryl methyl sites for hydroxylation is 2. The Labute approximate surface area is 317 Å². The summed E-state index contributed by atoms with van der Waals surface area (Å²) in [6.45, 7) is 2.92. The van der Waals surface area contributed by atoms with Gasteiger partial charge in [-0.05, 0) is 61.2 Å². The lowest BCUT2D eigenvalue weighted by Crippen LogP contribution is -2.40. The molecule has 0 unspecified atom stereocenters. The highest BCUT2D eigenvalue weighted by atomic mass is 35.5. The fraction of sp³-hybridized carbons (Fsp3) is 0.250. The molecule has 1 amide bonds. The minimum atomic E-state index is -0.321. The molecule has 4 aromatic carbocycles. The van der Waals surface area contributed by atoms with Gasteiger partial charge in [0.25, 0.3) is 5.91 Å². The number of rotatable bonds is 12. The molecular weight excluding hydrogens is 719 g/mol. The number of anilines is 2. The average Bonchev–Trinajstić information content (AvgIpc) is 3.73. The molecule has 2 aromatic heterocycles. The van der Waals surface area contributed by atoms with Gasteiger partial charge < -0.3 is 35.0 Å². The zero-order chi connectivity index (χ0) is 36.2. The number of piperidine rings is 1. The van der Waals surface area contributed by atoms with Crippen LogP contribution >= 0.6 is 34.8 Å². The molecule has 7 rings (SSSR count). The number of amides is 1. The second-order valence-corrected chi connectivity index (χ2v) is 14.1. The number of nitrogens with two attached hydrogens (primary N) is 1. The predicted molar refractivity (Wildman–Crippen MR) is 211 cm³/mol. The van der Waals surface area contributed by atoms with Crippen LogP contribution in [0.4, 0.5) is 11.4 Å². The summed E-state index contributed by atoms with van der Waals surface area (Å²) in [5, 5.41) is 5.80. The molecule has 6 aromatic rings. The number of imidazole rings is 1. The van der Waals surface area contributed by atoms with Crippen molar-refractivity contribution in [2.45, 2.75) is 31.8 Å². The van der Waals surface area contributed by atoms with Crippen molar-refractivity contribution >= 4 is 63.0 Å². The Morgan fingerprint density at radius 2 is 1.73 bits per heavy atom. The normalized spacial score (nSPS) is 13.5. The van der Waals surface area contributed by atoms with Gasteiger partial charge in [0.05, 0.1) is 35.7 Å². The Balaban J connectivity index is 1.33. The number of halogens is 3. The predicted octanol–water partition coefficient (Wildman–Crippen LogP) is 9.11. The Morgan fingerprint density at radius 1 is 0.962 bits per heavy atom. The van der Waals surface area contributed by atoms with Crippen molar-refractivity contribution in [3.63, 3.8) is 0 Å². The molecule has 1 aliphatic rings. The second kappa shape index (κ2) is 16.0. The van der Waals surface area contributed by atoms with Crippen molar-refractivity contribution in [3.8, 4) is 28.3 Å². The van der Waals surface area contributed by atoms with Crippen LogP contribution in [0.25, 0.3) is 33.4 Å². The van der Waals surface area contributed by atoms with E-state index in [0.29, 0.717) is 63.9 Å². The fourth-order valence-corrected chi connectivity index (χ4v) is 7.40. The number of carbonyl (C=O) groups is 1. The van der Waals surface area contributed by atoms with Gasteiger partial charge in [-0.1, -0.05) is 77.3 Å². The number of aromatic nitrogens is 3. The molecule has 0 spiro atoms. The number of aromatic amines is 1. The Kier molecular flexibility index (Phi) is 11.1. The summed E-state index contributed by atoms with van der Waals surface area (Å²) in [5.74, 6) is 0.303. The minimum Gasteiger partial charge on any atom is -0.491 e. The lowest BCUT2D eigenvalue weighted by atomic mass is 10.0. The van der Waals surface area contributed by atoms with E-state index in [-0.39, 0.29) is 11.9 Å². The number of H-pyrrole nitrogens is 1. The Hall–Kier alpha value is -4.51. The molecule has 0 atom stereocenters. The molecule has 0 aliphatic carbocycles. The van der Waals surface area contributed by atoms with E-state index in [1.807, 2.05) is 85.2 Å². The first-order valence-corrected chi connectivity index (χ1v) is 18.4. The van der Waals surface area contributed by atoms with Crippen LogP contribution in [0, 0.1) is 0 Å². The highest BCUT2D eigenvalue weighted by molar-refractivity contribution is 6.35. The molecule has 9 nitrogen and oxygen atoms in total. The van der Waals surface area contributed by atoms with Gasteiger partial charge >= 0.3 is 0 Å². The maximum Gasteiger partial charge on any atom is 0.272 e. The monoisotopic (exact) mass is 756 g/mol. The van der Waals surface area contributed by atoms with Crippen LogP contribution in [-0.2, 0) is 17.7 Å². The quantitative estimate of drug-likeness (QED) is 0.108. The van der Waals surface area contributed by atoms with E-state index in [1.165, 1.54) is 0 Å². The lowest BCUT2D eigenvalue weighted by Gasteiger charge is -2.33. The summed E-state index contributed by atoms with van der Waals surface area (Å²) in [6, 6.07) is 27.0. The standard InChI is InChI=1S/C40H39Cl3N6O3/c1-51-19-20-52-30-10-12-35(48-17-14-29(44)15-18-48)34(23-30)47-40(50)38-36(31-11-9-28(42)22-33(31)46-38)39-37(26-5-3-2-4-6-26)45-24-49(39)16-13-25-7-8-27(41)21-32(25)43/h2-12,21-24,29,46H,13-20,44H2,1H3,(H,47,50). The van der Waals surface area contributed by atoms with Crippen LogP contribution in [0.5, 0.6) is 5.75 Å². The van der Waals surface area contributed by atoms with E-state index in [4.69, 9.17) is 55.0 Å². The van der Waals surface area contributed by atoms with Crippen molar-refractivity contribution in [2.24, 2.45) is 5.73 Å². The summed E-state index contributed by atoms with van der Waals surface area (Å²) in [5.41, 5.74) is 13.0. The summed E-state index contributed by atoms with van der Waals surface area (Å²) in [4.78, 5) is 25.3. The number of methoxy groups -OCH3 is 1. The lowest BCUT2D eigenvalue weighted by molar-refractivity contribution is 0.102. The summed E-state index contributed by atoms with van der Waals surface area (Å²) >= 11 is 19.3. The van der Waals surface area contributed by atoms with Crippen molar-refractivity contribution in [3.05, 3.63) is 118 Å². The van der Waals surface area contributed by atoms with Crippen LogP contribution < -0.4 is 20.7 Å². The van der Waals surface area contributed by atoms with E-state index >= 15 is 0 Å². The fourth-order valence-electron chi connectivity index (χ4n) is 6.72. The van der Waals surface area contributed by atoms with Gasteiger partial charge in [0.1, 0.15) is 18.1 Å². The molecular formula is C40H39Cl3N6O3.